The molecule has 0 radical (unpaired) electrons. The van der Waals surface area contributed by atoms with Crippen molar-refractivity contribution in [2.75, 3.05) is 23.7 Å². The smallest absolute Gasteiger partial charge is 0.131 e. The lowest BCUT2D eigenvalue weighted by Crippen LogP contribution is -2.21. The molecule has 15 heavy (non-hydrogen) atoms. The van der Waals surface area contributed by atoms with Crippen LogP contribution in [-0.4, -0.2) is 18.1 Å². The molecule has 1 saturated heterocycles. The number of anilines is 2. The van der Waals surface area contributed by atoms with Gasteiger partial charge in [0.25, 0.3) is 0 Å². The number of hydrogen-bond acceptors (Lipinski definition) is 3. The standard InChI is InChI=1S/C12H19N3/c1-3-10-4-5-15(8-10)12-9(2)6-11(13)7-14-12/h6-7,10H,3-5,8,13H2,1-2H3. The molecule has 1 aromatic heterocycles. The third-order valence-corrected chi connectivity index (χ3v) is 3.23. The predicted molar refractivity (Wildman–Crippen MR) is 64.0 cm³/mol. The van der Waals surface area contributed by atoms with Crippen LogP contribution >= 0.6 is 0 Å². The van der Waals surface area contributed by atoms with E-state index in [9.17, 15) is 0 Å². The number of nitrogen functional groups attached to an aromatic ring is 1. The van der Waals surface area contributed by atoms with Crippen LogP contribution in [0.5, 0.6) is 0 Å². The summed E-state index contributed by atoms with van der Waals surface area (Å²) in [6, 6.07) is 2.00. The molecular formula is C12H19N3. The van der Waals surface area contributed by atoms with E-state index in [2.05, 4.69) is 23.7 Å². The van der Waals surface area contributed by atoms with Crippen molar-refractivity contribution < 1.29 is 0 Å². The molecule has 1 unspecified atom stereocenters. The second kappa shape index (κ2) is 4.09. The number of pyridine rings is 1. The lowest BCUT2D eigenvalue weighted by Gasteiger charge is -2.19. The molecule has 2 heterocycles. The lowest BCUT2D eigenvalue weighted by atomic mass is 10.1. The van der Waals surface area contributed by atoms with Gasteiger partial charge in [-0.25, -0.2) is 4.98 Å². The summed E-state index contributed by atoms with van der Waals surface area (Å²) in [6.07, 6.45) is 4.31. The Balaban J connectivity index is 2.17. The summed E-state index contributed by atoms with van der Waals surface area (Å²) in [5.74, 6) is 1.95. The molecule has 2 rings (SSSR count). The Hall–Kier alpha value is -1.25. The van der Waals surface area contributed by atoms with E-state index in [0.717, 1.165) is 30.5 Å². The number of rotatable bonds is 2. The molecule has 0 saturated carbocycles. The van der Waals surface area contributed by atoms with Crippen LogP contribution in [0.25, 0.3) is 0 Å². The van der Waals surface area contributed by atoms with Crippen LogP contribution in [0, 0.1) is 12.8 Å². The molecule has 0 bridgehead atoms. The fourth-order valence-corrected chi connectivity index (χ4v) is 2.28. The molecule has 1 fully saturated rings. The van der Waals surface area contributed by atoms with E-state index in [1.165, 1.54) is 18.4 Å². The molecule has 0 amide bonds. The van der Waals surface area contributed by atoms with Gasteiger partial charge in [0.15, 0.2) is 0 Å². The van der Waals surface area contributed by atoms with Gasteiger partial charge in [-0.3, -0.25) is 0 Å². The first-order valence-electron chi connectivity index (χ1n) is 5.67. The molecule has 0 aromatic carbocycles. The normalized spacial score (nSPS) is 20.9. The first kappa shape index (κ1) is 10.3. The third-order valence-electron chi connectivity index (χ3n) is 3.23. The monoisotopic (exact) mass is 205 g/mol. The summed E-state index contributed by atoms with van der Waals surface area (Å²) in [6.45, 7) is 6.62. The largest absolute Gasteiger partial charge is 0.397 e. The van der Waals surface area contributed by atoms with E-state index in [0.29, 0.717) is 0 Å². The predicted octanol–water partition coefficient (Wildman–Crippen LogP) is 2.21. The Morgan fingerprint density at radius 3 is 3.00 bits per heavy atom. The summed E-state index contributed by atoms with van der Waals surface area (Å²) >= 11 is 0. The Labute approximate surface area is 91.3 Å². The van der Waals surface area contributed by atoms with Gasteiger partial charge < -0.3 is 10.6 Å². The Morgan fingerprint density at radius 1 is 1.60 bits per heavy atom. The van der Waals surface area contributed by atoms with Crippen molar-refractivity contribution in [1.82, 2.24) is 4.98 Å². The van der Waals surface area contributed by atoms with Crippen LogP contribution in [0.15, 0.2) is 12.3 Å². The maximum Gasteiger partial charge on any atom is 0.131 e. The highest BCUT2D eigenvalue weighted by Crippen LogP contribution is 2.26. The lowest BCUT2D eigenvalue weighted by molar-refractivity contribution is 0.568. The summed E-state index contributed by atoms with van der Waals surface area (Å²) in [4.78, 5) is 6.81. The molecule has 82 valence electrons. The highest BCUT2D eigenvalue weighted by molar-refractivity contribution is 5.53. The van der Waals surface area contributed by atoms with Gasteiger partial charge in [-0.05, 0) is 30.9 Å². The average Bonchev–Trinajstić information content (AvgIpc) is 2.66. The quantitative estimate of drug-likeness (QED) is 0.805. The van der Waals surface area contributed by atoms with Crippen LogP contribution in [0.4, 0.5) is 11.5 Å². The van der Waals surface area contributed by atoms with Gasteiger partial charge in [-0.2, -0.15) is 0 Å². The summed E-state index contributed by atoms with van der Waals surface area (Å²) in [5, 5.41) is 0. The van der Waals surface area contributed by atoms with Gasteiger partial charge in [0.05, 0.1) is 11.9 Å². The zero-order chi connectivity index (χ0) is 10.8. The van der Waals surface area contributed by atoms with Crippen LogP contribution in [0.3, 0.4) is 0 Å². The van der Waals surface area contributed by atoms with E-state index in [-0.39, 0.29) is 0 Å². The van der Waals surface area contributed by atoms with Crippen molar-refractivity contribution in [1.29, 1.82) is 0 Å². The van der Waals surface area contributed by atoms with Crippen molar-refractivity contribution >= 4 is 11.5 Å². The molecule has 1 aromatic rings. The first-order chi connectivity index (χ1) is 7.20. The van der Waals surface area contributed by atoms with Crippen molar-refractivity contribution in [3.63, 3.8) is 0 Å². The number of nitrogens with zero attached hydrogens (tertiary/aromatic N) is 2. The summed E-state index contributed by atoms with van der Waals surface area (Å²) in [7, 11) is 0. The van der Waals surface area contributed by atoms with Crippen LogP contribution in [-0.2, 0) is 0 Å². The van der Waals surface area contributed by atoms with Crippen molar-refractivity contribution in [3.8, 4) is 0 Å². The molecule has 3 nitrogen and oxygen atoms in total. The van der Waals surface area contributed by atoms with E-state index in [1.807, 2.05) is 6.07 Å². The van der Waals surface area contributed by atoms with Crippen LogP contribution in [0.1, 0.15) is 25.3 Å². The molecule has 1 aliphatic heterocycles. The number of nitrogens with two attached hydrogens (primary N) is 1. The van der Waals surface area contributed by atoms with E-state index in [4.69, 9.17) is 5.73 Å². The van der Waals surface area contributed by atoms with E-state index in [1.54, 1.807) is 6.20 Å². The number of aromatic nitrogens is 1. The highest BCUT2D eigenvalue weighted by Gasteiger charge is 2.22. The molecule has 3 heteroatoms. The average molecular weight is 205 g/mol. The topological polar surface area (TPSA) is 42.2 Å². The van der Waals surface area contributed by atoms with Gasteiger partial charge in [0.2, 0.25) is 0 Å². The fourth-order valence-electron chi connectivity index (χ4n) is 2.28. The van der Waals surface area contributed by atoms with Crippen LogP contribution in [0.2, 0.25) is 0 Å². The van der Waals surface area contributed by atoms with Crippen molar-refractivity contribution in [3.05, 3.63) is 17.8 Å². The van der Waals surface area contributed by atoms with Crippen molar-refractivity contribution in [2.24, 2.45) is 5.92 Å². The minimum atomic E-state index is 0.752. The Kier molecular flexibility index (Phi) is 2.80. The summed E-state index contributed by atoms with van der Waals surface area (Å²) < 4.78 is 0. The van der Waals surface area contributed by atoms with E-state index >= 15 is 0 Å². The zero-order valence-corrected chi connectivity index (χ0v) is 9.53. The molecule has 2 N–H and O–H groups in total. The minimum Gasteiger partial charge on any atom is -0.397 e. The molecule has 0 spiro atoms. The maximum absolute atomic E-state index is 5.70. The minimum absolute atomic E-state index is 0.752. The Bertz CT molecular complexity index is 349. The van der Waals surface area contributed by atoms with Gasteiger partial charge in [-0.1, -0.05) is 13.3 Å². The first-order valence-corrected chi connectivity index (χ1v) is 5.67. The Morgan fingerprint density at radius 2 is 2.40 bits per heavy atom. The van der Waals surface area contributed by atoms with Gasteiger partial charge in [-0.15, -0.1) is 0 Å². The van der Waals surface area contributed by atoms with Crippen molar-refractivity contribution in [2.45, 2.75) is 26.7 Å². The molecule has 1 atom stereocenters. The SMILES string of the molecule is CCC1CCN(c2ncc(N)cc2C)C1. The fraction of sp³-hybridized carbons (Fsp3) is 0.583. The van der Waals surface area contributed by atoms with Gasteiger partial charge in [0, 0.05) is 13.1 Å². The second-order valence-electron chi connectivity index (χ2n) is 4.42. The summed E-state index contributed by atoms with van der Waals surface area (Å²) in [5.41, 5.74) is 7.64. The molecule has 1 aliphatic rings. The van der Waals surface area contributed by atoms with Gasteiger partial charge in [0.1, 0.15) is 5.82 Å². The number of hydrogen-bond donors (Lipinski definition) is 1. The third kappa shape index (κ3) is 2.06. The maximum atomic E-state index is 5.70. The second-order valence-corrected chi connectivity index (χ2v) is 4.42. The zero-order valence-electron chi connectivity index (χ0n) is 9.53. The van der Waals surface area contributed by atoms with E-state index < -0.39 is 0 Å². The van der Waals surface area contributed by atoms with Gasteiger partial charge >= 0.3 is 0 Å². The number of aryl methyl sites for hydroxylation is 1. The van der Waals surface area contributed by atoms with Crippen LogP contribution < -0.4 is 10.6 Å². The highest BCUT2D eigenvalue weighted by atomic mass is 15.2. The molecule has 0 aliphatic carbocycles. The molecular weight excluding hydrogens is 186 g/mol.